The number of hydrogen-bond donors (Lipinski definition) is 3. The van der Waals surface area contributed by atoms with Crippen LogP contribution in [0, 0.1) is 0 Å². The maximum atomic E-state index is 13.0. The minimum absolute atomic E-state index is 0.133. The minimum atomic E-state index is -1.08. The number of hydrogen-bond acceptors (Lipinski definition) is 5. The van der Waals surface area contributed by atoms with Crippen molar-refractivity contribution in [2.75, 3.05) is 5.32 Å². The van der Waals surface area contributed by atoms with Crippen LogP contribution in [0.2, 0.25) is 0 Å². The van der Waals surface area contributed by atoms with Crippen molar-refractivity contribution < 1.29 is 4.79 Å². The number of H-pyrrole nitrogens is 2. The van der Waals surface area contributed by atoms with E-state index in [4.69, 9.17) is 0 Å². The van der Waals surface area contributed by atoms with Gasteiger partial charge in [0.2, 0.25) is 11.9 Å². The first-order valence-corrected chi connectivity index (χ1v) is 8.57. The van der Waals surface area contributed by atoms with Crippen LogP contribution in [0.1, 0.15) is 11.6 Å². The number of aromatic amines is 2. The molecule has 4 rings (SSSR count). The van der Waals surface area contributed by atoms with Crippen molar-refractivity contribution in [2.45, 2.75) is 12.5 Å². The minimum Gasteiger partial charge on any atom is -0.307 e. The van der Waals surface area contributed by atoms with Gasteiger partial charge in [0, 0.05) is 6.42 Å². The van der Waals surface area contributed by atoms with Crippen LogP contribution in [-0.4, -0.2) is 30.6 Å². The van der Waals surface area contributed by atoms with E-state index >= 15 is 0 Å². The number of amides is 1. The van der Waals surface area contributed by atoms with E-state index in [1.54, 1.807) is 24.3 Å². The molecule has 0 spiro atoms. The summed E-state index contributed by atoms with van der Waals surface area (Å²) in [6, 6.07) is 14.8. The van der Waals surface area contributed by atoms with Crippen LogP contribution in [-0.2, 0) is 11.2 Å². The molecular weight excluding hydrogens is 360 g/mol. The number of rotatable bonds is 5. The largest absolute Gasteiger partial charge is 0.329 e. The first-order chi connectivity index (χ1) is 13.6. The molecule has 0 aliphatic rings. The average molecular weight is 376 g/mol. The van der Waals surface area contributed by atoms with E-state index in [0.717, 1.165) is 10.1 Å². The summed E-state index contributed by atoms with van der Waals surface area (Å²) in [7, 11) is 0. The van der Waals surface area contributed by atoms with Crippen LogP contribution >= 0.6 is 0 Å². The van der Waals surface area contributed by atoms with Gasteiger partial charge in [-0.3, -0.25) is 14.9 Å². The highest BCUT2D eigenvalue weighted by atomic mass is 16.2. The molecule has 0 saturated heterocycles. The molecule has 2 aromatic heterocycles. The number of aromatic nitrogens is 5. The second-order valence-electron chi connectivity index (χ2n) is 6.18. The van der Waals surface area contributed by atoms with Crippen molar-refractivity contribution in [3.8, 4) is 0 Å². The third-order valence-corrected chi connectivity index (χ3v) is 4.38. The Morgan fingerprint density at radius 1 is 1.07 bits per heavy atom. The normalized spacial score (nSPS) is 12.0. The molecule has 0 aliphatic carbocycles. The van der Waals surface area contributed by atoms with Crippen molar-refractivity contribution >= 4 is 22.8 Å². The van der Waals surface area contributed by atoms with Gasteiger partial charge in [-0.2, -0.15) is 10.1 Å². The second kappa shape index (κ2) is 7.31. The Hall–Kier alpha value is -4.01. The van der Waals surface area contributed by atoms with E-state index in [2.05, 4.69) is 25.5 Å². The average Bonchev–Trinajstić information content (AvgIpc) is 3.21. The van der Waals surface area contributed by atoms with Crippen LogP contribution in [0.25, 0.3) is 10.9 Å². The summed E-state index contributed by atoms with van der Waals surface area (Å²) in [6.07, 6.45) is 1.40. The van der Waals surface area contributed by atoms with Gasteiger partial charge in [0.05, 0.1) is 10.9 Å². The number of anilines is 1. The molecule has 3 N–H and O–H groups in total. The Bertz CT molecular complexity index is 1230. The summed E-state index contributed by atoms with van der Waals surface area (Å²) in [5.74, 6) is -0.420. The first-order valence-electron chi connectivity index (χ1n) is 8.57. The van der Waals surface area contributed by atoms with Crippen molar-refractivity contribution in [1.82, 2.24) is 24.7 Å². The molecule has 0 saturated carbocycles. The van der Waals surface area contributed by atoms with Crippen LogP contribution < -0.4 is 16.6 Å². The fraction of sp³-hybridized carbons (Fsp3) is 0.105. The number of nitrogens with one attached hydrogen (secondary N) is 3. The smallest absolute Gasteiger partial charge is 0.307 e. The van der Waals surface area contributed by atoms with Crippen LogP contribution in [0.4, 0.5) is 5.95 Å². The lowest BCUT2D eigenvalue weighted by molar-refractivity contribution is -0.119. The SMILES string of the molecule is O=C(Nc1ncn[nH]1)[C@@H](Cc1ccccc1)n1c(=O)[nH]c2ccccc2c1=O. The maximum Gasteiger partial charge on any atom is 0.329 e. The van der Waals surface area contributed by atoms with Crippen LogP contribution in [0.5, 0.6) is 0 Å². The molecule has 1 amide bonds. The molecule has 0 aliphatic heterocycles. The topological polar surface area (TPSA) is 126 Å². The second-order valence-corrected chi connectivity index (χ2v) is 6.18. The molecule has 140 valence electrons. The lowest BCUT2D eigenvalue weighted by Crippen LogP contribution is -2.43. The molecule has 1 atom stereocenters. The summed E-state index contributed by atoms with van der Waals surface area (Å²) in [5.41, 5.74) is 0.0351. The molecule has 2 aromatic carbocycles. The van der Waals surface area contributed by atoms with E-state index in [1.165, 1.54) is 6.33 Å². The number of fused-ring (bicyclic) bond motifs is 1. The number of carbonyl (C=O) groups is 1. The summed E-state index contributed by atoms with van der Waals surface area (Å²) < 4.78 is 0.945. The quantitative estimate of drug-likeness (QED) is 0.483. The van der Waals surface area contributed by atoms with Gasteiger partial charge in [0.1, 0.15) is 12.4 Å². The van der Waals surface area contributed by atoms with Crippen molar-refractivity contribution in [3.05, 3.63) is 87.3 Å². The van der Waals surface area contributed by atoms with E-state index in [9.17, 15) is 14.4 Å². The van der Waals surface area contributed by atoms with E-state index in [-0.39, 0.29) is 12.4 Å². The maximum absolute atomic E-state index is 13.0. The van der Waals surface area contributed by atoms with Gasteiger partial charge in [0.15, 0.2) is 0 Å². The summed E-state index contributed by atoms with van der Waals surface area (Å²) >= 11 is 0. The number of nitrogens with zero attached hydrogens (tertiary/aromatic N) is 3. The Labute approximate surface area is 158 Å². The van der Waals surface area contributed by atoms with Gasteiger partial charge in [0.25, 0.3) is 5.56 Å². The zero-order chi connectivity index (χ0) is 19.5. The molecule has 2 heterocycles. The van der Waals surface area contributed by atoms with Crippen molar-refractivity contribution in [2.24, 2.45) is 0 Å². The van der Waals surface area contributed by atoms with Gasteiger partial charge in [-0.05, 0) is 17.7 Å². The predicted octanol–water partition coefficient (Wildman–Crippen LogP) is 1.23. The summed E-state index contributed by atoms with van der Waals surface area (Å²) in [4.78, 5) is 45.2. The molecule has 28 heavy (non-hydrogen) atoms. The molecule has 4 aromatic rings. The molecule has 0 bridgehead atoms. The molecule has 9 heteroatoms. The van der Waals surface area contributed by atoms with Gasteiger partial charge >= 0.3 is 5.69 Å². The highest BCUT2D eigenvalue weighted by Crippen LogP contribution is 2.15. The Morgan fingerprint density at radius 3 is 2.57 bits per heavy atom. The fourth-order valence-electron chi connectivity index (χ4n) is 3.06. The van der Waals surface area contributed by atoms with E-state index in [1.807, 2.05) is 30.3 Å². The molecule has 9 nitrogen and oxygen atoms in total. The summed E-state index contributed by atoms with van der Waals surface area (Å²) in [6.45, 7) is 0. The summed E-state index contributed by atoms with van der Waals surface area (Å²) in [5, 5.41) is 9.10. The highest BCUT2D eigenvalue weighted by molar-refractivity contribution is 5.92. The van der Waals surface area contributed by atoms with E-state index < -0.39 is 23.2 Å². The zero-order valence-electron chi connectivity index (χ0n) is 14.6. The Kier molecular flexibility index (Phi) is 4.55. The lowest BCUT2D eigenvalue weighted by Gasteiger charge is -2.18. The standard InChI is InChI=1S/C19H16N6O3/c26-16(23-18-20-11-21-24-18)15(10-12-6-2-1-3-7-12)25-17(27)13-8-4-5-9-14(13)22-19(25)28/h1-9,11,15H,10H2,(H,22,28)(H2,20,21,23,24,26)/t15-/m1/s1. The molecule has 0 radical (unpaired) electrons. The highest BCUT2D eigenvalue weighted by Gasteiger charge is 2.26. The van der Waals surface area contributed by atoms with Crippen LogP contribution in [0.15, 0.2) is 70.5 Å². The monoisotopic (exact) mass is 376 g/mol. The number of para-hydroxylation sites is 1. The van der Waals surface area contributed by atoms with Gasteiger partial charge < -0.3 is 4.98 Å². The van der Waals surface area contributed by atoms with Gasteiger partial charge in [-0.15, -0.1) is 0 Å². The third-order valence-electron chi connectivity index (χ3n) is 4.38. The Balaban J connectivity index is 1.83. The molecule has 0 fully saturated rings. The zero-order valence-corrected chi connectivity index (χ0v) is 14.6. The molecule has 0 unspecified atom stereocenters. The fourth-order valence-corrected chi connectivity index (χ4v) is 3.06. The van der Waals surface area contributed by atoms with Crippen molar-refractivity contribution in [1.29, 1.82) is 0 Å². The third kappa shape index (κ3) is 3.32. The predicted molar refractivity (Wildman–Crippen MR) is 103 cm³/mol. The number of carbonyl (C=O) groups excluding carboxylic acids is 1. The number of benzene rings is 2. The molecular formula is C19H16N6O3. The Morgan fingerprint density at radius 2 is 1.82 bits per heavy atom. The van der Waals surface area contributed by atoms with Gasteiger partial charge in [-0.25, -0.2) is 14.5 Å². The lowest BCUT2D eigenvalue weighted by atomic mass is 10.0. The van der Waals surface area contributed by atoms with Crippen LogP contribution in [0.3, 0.4) is 0 Å². The van der Waals surface area contributed by atoms with Crippen molar-refractivity contribution in [3.63, 3.8) is 0 Å². The van der Waals surface area contributed by atoms with Gasteiger partial charge in [-0.1, -0.05) is 42.5 Å². The first kappa shape index (κ1) is 17.4. The van der Waals surface area contributed by atoms with E-state index in [0.29, 0.717) is 10.9 Å².